The van der Waals surface area contributed by atoms with Gasteiger partial charge in [-0.25, -0.2) is 8.78 Å². The van der Waals surface area contributed by atoms with Gasteiger partial charge < -0.3 is 0 Å². The van der Waals surface area contributed by atoms with Crippen molar-refractivity contribution in [1.82, 2.24) is 0 Å². The zero-order valence-electron chi connectivity index (χ0n) is 8.13. The Balaban J connectivity index is 2.81. The molecule has 0 saturated carbocycles. The summed E-state index contributed by atoms with van der Waals surface area (Å²) in [4.78, 5) is 10.4. The van der Waals surface area contributed by atoms with E-state index in [9.17, 15) is 17.8 Å². The summed E-state index contributed by atoms with van der Waals surface area (Å²) in [5.74, 6) is -1.45. The van der Waals surface area contributed by atoms with Crippen molar-refractivity contribution in [1.29, 1.82) is 0 Å². The normalized spacial score (nSPS) is 12.5. The van der Waals surface area contributed by atoms with Crippen molar-refractivity contribution in [2.75, 3.05) is 5.75 Å². The average molecular weight is 232 g/mol. The van der Waals surface area contributed by atoms with Gasteiger partial charge in [0.15, 0.2) is 0 Å². The summed E-state index contributed by atoms with van der Waals surface area (Å²) in [6.45, 7) is 1.36. The number of benzene rings is 1. The molecule has 5 heteroatoms. The Morgan fingerprint density at radius 1 is 1.40 bits per heavy atom. The van der Waals surface area contributed by atoms with Gasteiger partial charge in [0.1, 0.15) is 17.4 Å². The number of ketones is 1. The maximum absolute atomic E-state index is 13.1. The number of hydrogen-bond donors (Lipinski definition) is 0. The highest BCUT2D eigenvalue weighted by Crippen LogP contribution is 2.14. The van der Waals surface area contributed by atoms with E-state index in [1.165, 1.54) is 6.92 Å². The minimum absolute atomic E-state index is 0.0235. The summed E-state index contributed by atoms with van der Waals surface area (Å²) in [6, 6.07) is 2.78. The van der Waals surface area contributed by atoms with Crippen LogP contribution in [-0.2, 0) is 15.6 Å². The SMILES string of the molecule is CC(=O)CCS(=O)c1cc(F)ccc1F. The molecule has 1 unspecified atom stereocenters. The lowest BCUT2D eigenvalue weighted by molar-refractivity contribution is -0.116. The molecule has 0 bridgehead atoms. The molecule has 0 aliphatic rings. The zero-order valence-corrected chi connectivity index (χ0v) is 8.94. The van der Waals surface area contributed by atoms with Gasteiger partial charge in [-0.15, -0.1) is 0 Å². The van der Waals surface area contributed by atoms with Crippen LogP contribution in [-0.4, -0.2) is 15.7 Å². The van der Waals surface area contributed by atoms with Crippen LogP contribution in [0.25, 0.3) is 0 Å². The first-order valence-corrected chi connectivity index (χ1v) is 5.65. The van der Waals surface area contributed by atoms with E-state index >= 15 is 0 Å². The molecule has 0 radical (unpaired) electrons. The summed E-state index contributed by atoms with van der Waals surface area (Å²) in [5, 5.41) is 0. The van der Waals surface area contributed by atoms with Crippen LogP contribution in [0, 0.1) is 11.6 Å². The van der Waals surface area contributed by atoms with Gasteiger partial charge in [0.2, 0.25) is 0 Å². The van der Waals surface area contributed by atoms with Crippen molar-refractivity contribution in [3.63, 3.8) is 0 Å². The Morgan fingerprint density at radius 3 is 2.67 bits per heavy atom. The van der Waals surface area contributed by atoms with Crippen molar-refractivity contribution in [2.45, 2.75) is 18.2 Å². The third kappa shape index (κ3) is 3.51. The predicted octanol–water partition coefficient (Wildman–Crippen LogP) is 2.05. The van der Waals surface area contributed by atoms with Gasteiger partial charge in [0.25, 0.3) is 0 Å². The van der Waals surface area contributed by atoms with Crippen LogP contribution in [0.1, 0.15) is 13.3 Å². The predicted molar refractivity (Wildman–Crippen MR) is 52.9 cm³/mol. The zero-order chi connectivity index (χ0) is 11.4. The minimum Gasteiger partial charge on any atom is -0.300 e. The van der Waals surface area contributed by atoms with Gasteiger partial charge in [-0.2, -0.15) is 0 Å². The number of carbonyl (C=O) groups is 1. The number of hydrogen-bond acceptors (Lipinski definition) is 2. The Labute approximate surface area is 88.8 Å². The molecule has 2 nitrogen and oxygen atoms in total. The van der Waals surface area contributed by atoms with Gasteiger partial charge in [-0.05, 0) is 25.1 Å². The summed E-state index contributed by atoms with van der Waals surface area (Å²) in [6.07, 6.45) is 0.0998. The van der Waals surface area contributed by atoms with Crippen molar-refractivity contribution in [3.05, 3.63) is 29.8 Å². The van der Waals surface area contributed by atoms with Crippen molar-refractivity contribution in [2.24, 2.45) is 0 Å². The molecule has 0 heterocycles. The smallest absolute Gasteiger partial charge is 0.139 e. The van der Waals surface area contributed by atoms with Crippen LogP contribution in [0.5, 0.6) is 0 Å². The lowest BCUT2D eigenvalue weighted by Gasteiger charge is -2.02. The molecule has 0 aliphatic heterocycles. The lowest BCUT2D eigenvalue weighted by atomic mass is 10.3. The van der Waals surface area contributed by atoms with Crippen LogP contribution >= 0.6 is 0 Å². The molecule has 15 heavy (non-hydrogen) atoms. The Hall–Kier alpha value is -1.10. The Bertz CT molecular complexity index is 404. The first kappa shape index (κ1) is 12.0. The van der Waals surface area contributed by atoms with Crippen molar-refractivity contribution in [3.8, 4) is 0 Å². The van der Waals surface area contributed by atoms with E-state index in [2.05, 4.69) is 0 Å². The van der Waals surface area contributed by atoms with E-state index in [0.29, 0.717) is 0 Å². The molecule has 0 aliphatic carbocycles. The highest BCUT2D eigenvalue weighted by molar-refractivity contribution is 7.85. The second kappa shape index (κ2) is 5.11. The molecule has 0 amide bonds. The topological polar surface area (TPSA) is 34.1 Å². The largest absolute Gasteiger partial charge is 0.300 e. The number of carbonyl (C=O) groups excluding carboxylic acids is 1. The highest BCUT2D eigenvalue weighted by Gasteiger charge is 2.11. The maximum Gasteiger partial charge on any atom is 0.139 e. The summed E-state index contributed by atoms with van der Waals surface area (Å²) in [5.41, 5.74) is 0. The van der Waals surface area contributed by atoms with Gasteiger partial charge in [0, 0.05) is 12.2 Å². The molecular formula is C10H10F2O2S. The first-order valence-electron chi connectivity index (χ1n) is 4.33. The molecule has 0 aromatic heterocycles. The van der Waals surface area contributed by atoms with Gasteiger partial charge in [-0.1, -0.05) is 0 Å². The van der Waals surface area contributed by atoms with Crippen molar-refractivity contribution >= 4 is 16.6 Å². The fourth-order valence-corrected chi connectivity index (χ4v) is 2.22. The Kier molecular flexibility index (Phi) is 4.08. The number of halogens is 2. The van der Waals surface area contributed by atoms with E-state index in [0.717, 1.165) is 18.2 Å². The first-order chi connectivity index (χ1) is 7.00. The van der Waals surface area contributed by atoms with Crippen LogP contribution in [0.3, 0.4) is 0 Å². The highest BCUT2D eigenvalue weighted by atomic mass is 32.2. The molecular weight excluding hydrogens is 222 g/mol. The van der Waals surface area contributed by atoms with Gasteiger partial charge >= 0.3 is 0 Å². The van der Waals surface area contributed by atoms with E-state index in [4.69, 9.17) is 0 Å². The van der Waals surface area contributed by atoms with Gasteiger partial charge in [0.05, 0.1) is 15.7 Å². The monoisotopic (exact) mass is 232 g/mol. The molecule has 0 N–H and O–H groups in total. The minimum atomic E-state index is -1.66. The summed E-state index contributed by atoms with van der Waals surface area (Å²) < 4.78 is 37.3. The van der Waals surface area contributed by atoms with E-state index in [-0.39, 0.29) is 22.9 Å². The van der Waals surface area contributed by atoms with Crippen LogP contribution in [0.15, 0.2) is 23.1 Å². The van der Waals surface area contributed by atoms with Crippen LogP contribution in [0.4, 0.5) is 8.78 Å². The molecule has 1 aromatic rings. The molecule has 1 atom stereocenters. The van der Waals surface area contributed by atoms with Crippen LogP contribution < -0.4 is 0 Å². The molecule has 1 rings (SSSR count). The number of Topliss-reactive ketones (excluding diaryl/α,β-unsaturated/α-hetero) is 1. The Morgan fingerprint density at radius 2 is 2.07 bits per heavy atom. The average Bonchev–Trinajstić information content (AvgIpc) is 2.18. The summed E-state index contributed by atoms with van der Waals surface area (Å²) in [7, 11) is -1.66. The molecule has 0 saturated heterocycles. The lowest BCUT2D eigenvalue weighted by Crippen LogP contribution is -2.05. The molecule has 1 aromatic carbocycles. The van der Waals surface area contributed by atoms with Crippen LogP contribution in [0.2, 0.25) is 0 Å². The molecule has 0 spiro atoms. The second-order valence-electron chi connectivity index (χ2n) is 3.08. The quantitative estimate of drug-likeness (QED) is 0.796. The number of rotatable bonds is 4. The summed E-state index contributed by atoms with van der Waals surface area (Å²) >= 11 is 0. The van der Waals surface area contributed by atoms with Crippen molar-refractivity contribution < 1.29 is 17.8 Å². The molecule has 0 fully saturated rings. The third-order valence-electron chi connectivity index (χ3n) is 1.78. The maximum atomic E-state index is 13.1. The standard InChI is InChI=1S/C10H10F2O2S/c1-7(13)4-5-15(14)10-6-8(11)2-3-9(10)12/h2-3,6H,4-5H2,1H3. The third-order valence-corrected chi connectivity index (χ3v) is 3.16. The van der Waals surface area contributed by atoms with E-state index in [1.807, 2.05) is 0 Å². The van der Waals surface area contributed by atoms with E-state index in [1.54, 1.807) is 0 Å². The second-order valence-corrected chi connectivity index (χ2v) is 4.62. The fourth-order valence-electron chi connectivity index (χ4n) is 0.998. The fraction of sp³-hybridized carbons (Fsp3) is 0.300. The molecule has 82 valence electrons. The van der Waals surface area contributed by atoms with E-state index < -0.39 is 22.4 Å². The van der Waals surface area contributed by atoms with Gasteiger partial charge in [-0.3, -0.25) is 9.00 Å².